The molecule has 1 fully saturated rings. The molecule has 0 amide bonds. The largest absolute Gasteiger partial charge is 0.389 e. The first-order valence-corrected chi connectivity index (χ1v) is 7.17. The number of hydrogen-bond acceptors (Lipinski definition) is 2. The maximum absolute atomic E-state index is 9.58. The van der Waals surface area contributed by atoms with Crippen molar-refractivity contribution in [2.45, 2.75) is 51.2 Å². The molecule has 3 heteroatoms. The molecule has 1 aliphatic carbocycles. The molecule has 2 nitrogen and oxygen atoms in total. The minimum Gasteiger partial charge on any atom is -0.389 e. The number of hydrogen-bond donors (Lipinski definition) is 1. The van der Waals surface area contributed by atoms with Gasteiger partial charge >= 0.3 is 0 Å². The topological polar surface area (TPSA) is 23.5 Å². The molecule has 1 aromatic rings. The second-order valence-corrected chi connectivity index (χ2v) is 5.69. The molecule has 1 N–H and O–H groups in total. The Morgan fingerprint density at radius 3 is 2.50 bits per heavy atom. The van der Waals surface area contributed by atoms with Gasteiger partial charge in [0.2, 0.25) is 0 Å². The third-order valence-electron chi connectivity index (χ3n) is 3.96. The Morgan fingerprint density at radius 2 is 1.94 bits per heavy atom. The van der Waals surface area contributed by atoms with E-state index >= 15 is 0 Å². The second kappa shape index (κ2) is 5.94. The van der Waals surface area contributed by atoms with Crippen molar-refractivity contribution in [2.75, 3.05) is 11.9 Å². The van der Waals surface area contributed by atoms with Crippen LogP contribution in [0.5, 0.6) is 0 Å². The van der Waals surface area contributed by atoms with Crippen molar-refractivity contribution in [3.8, 4) is 0 Å². The average Bonchev–Trinajstić information content (AvgIpc) is 2.38. The van der Waals surface area contributed by atoms with E-state index in [0.717, 1.165) is 11.3 Å². The van der Waals surface area contributed by atoms with Crippen LogP contribution in [0.3, 0.4) is 0 Å². The first-order chi connectivity index (χ1) is 8.59. The lowest BCUT2D eigenvalue weighted by atomic mass is 9.94. The average molecular weight is 268 g/mol. The van der Waals surface area contributed by atoms with E-state index in [-0.39, 0.29) is 0 Å². The lowest BCUT2D eigenvalue weighted by Crippen LogP contribution is -2.33. The van der Waals surface area contributed by atoms with Gasteiger partial charge in [-0.2, -0.15) is 0 Å². The van der Waals surface area contributed by atoms with Gasteiger partial charge in [-0.05, 0) is 37.5 Å². The van der Waals surface area contributed by atoms with E-state index in [9.17, 15) is 5.11 Å². The zero-order valence-corrected chi connectivity index (χ0v) is 12.0. The van der Waals surface area contributed by atoms with Crippen molar-refractivity contribution < 1.29 is 5.11 Å². The molecule has 1 atom stereocenters. The summed E-state index contributed by atoms with van der Waals surface area (Å²) in [6.45, 7) is 1.74. The van der Waals surface area contributed by atoms with E-state index < -0.39 is 6.10 Å². The summed E-state index contributed by atoms with van der Waals surface area (Å²) in [5.41, 5.74) is 1.95. The zero-order chi connectivity index (χ0) is 13.1. The van der Waals surface area contributed by atoms with Crippen molar-refractivity contribution in [1.82, 2.24) is 0 Å². The first kappa shape index (κ1) is 13.7. The summed E-state index contributed by atoms with van der Waals surface area (Å²) in [5.74, 6) is 0. The smallest absolute Gasteiger partial charge is 0.0776 e. The van der Waals surface area contributed by atoms with E-state index in [1.165, 1.54) is 32.1 Å². The van der Waals surface area contributed by atoms with Gasteiger partial charge in [0.1, 0.15) is 0 Å². The molecule has 0 aliphatic heterocycles. The Hall–Kier alpha value is -0.730. The lowest BCUT2D eigenvalue weighted by molar-refractivity contribution is 0.199. The number of aliphatic hydroxyl groups is 1. The van der Waals surface area contributed by atoms with Crippen LogP contribution < -0.4 is 4.90 Å². The van der Waals surface area contributed by atoms with Gasteiger partial charge in [-0.1, -0.05) is 36.9 Å². The van der Waals surface area contributed by atoms with E-state index in [0.29, 0.717) is 11.1 Å². The van der Waals surface area contributed by atoms with Gasteiger partial charge in [0, 0.05) is 23.8 Å². The minimum absolute atomic E-state index is 0.508. The fourth-order valence-electron chi connectivity index (χ4n) is 2.75. The molecular formula is C15H22ClNO. The molecule has 0 heterocycles. The third-order valence-corrected chi connectivity index (χ3v) is 4.29. The highest BCUT2D eigenvalue weighted by atomic mass is 35.5. The molecule has 18 heavy (non-hydrogen) atoms. The number of benzene rings is 1. The third kappa shape index (κ3) is 2.99. The fraction of sp³-hybridized carbons (Fsp3) is 0.600. The summed E-state index contributed by atoms with van der Waals surface area (Å²) in [7, 11) is 2.14. The van der Waals surface area contributed by atoms with E-state index in [1.807, 2.05) is 12.1 Å². The van der Waals surface area contributed by atoms with E-state index in [4.69, 9.17) is 11.6 Å². The molecule has 0 aromatic heterocycles. The number of aliphatic hydroxyl groups excluding tert-OH is 1. The monoisotopic (exact) mass is 267 g/mol. The number of nitrogens with zero attached hydrogens (tertiary/aromatic N) is 1. The first-order valence-electron chi connectivity index (χ1n) is 6.80. The Labute approximate surface area is 115 Å². The Bertz CT molecular complexity index is 399. The van der Waals surface area contributed by atoms with Crippen LogP contribution >= 0.6 is 11.6 Å². The van der Waals surface area contributed by atoms with Crippen molar-refractivity contribution in [2.24, 2.45) is 0 Å². The Kier molecular flexibility index (Phi) is 4.52. The highest BCUT2D eigenvalue weighted by molar-refractivity contribution is 6.31. The molecule has 1 unspecified atom stereocenters. The van der Waals surface area contributed by atoms with Gasteiger partial charge in [0.25, 0.3) is 0 Å². The van der Waals surface area contributed by atoms with Gasteiger partial charge in [0.05, 0.1) is 6.10 Å². The molecule has 1 aromatic carbocycles. The predicted molar refractivity (Wildman–Crippen MR) is 77.4 cm³/mol. The van der Waals surface area contributed by atoms with E-state index in [2.05, 4.69) is 18.0 Å². The van der Waals surface area contributed by atoms with Crippen molar-refractivity contribution >= 4 is 17.3 Å². The van der Waals surface area contributed by atoms with Crippen molar-refractivity contribution in [3.63, 3.8) is 0 Å². The Morgan fingerprint density at radius 1 is 1.28 bits per heavy atom. The SMILES string of the molecule is CC(O)c1ccc(N(C)C2CCCCC2)cc1Cl. The van der Waals surface area contributed by atoms with Crippen LogP contribution in [0.15, 0.2) is 18.2 Å². The van der Waals surface area contributed by atoms with Crippen LogP contribution in [-0.4, -0.2) is 18.2 Å². The van der Waals surface area contributed by atoms with Crippen LogP contribution in [0.1, 0.15) is 50.7 Å². The van der Waals surface area contributed by atoms with Gasteiger partial charge in [-0.15, -0.1) is 0 Å². The molecule has 1 saturated carbocycles. The lowest BCUT2D eigenvalue weighted by Gasteiger charge is -2.33. The Balaban J connectivity index is 2.15. The van der Waals surface area contributed by atoms with Gasteiger partial charge in [-0.25, -0.2) is 0 Å². The number of halogens is 1. The molecule has 0 radical (unpaired) electrons. The summed E-state index contributed by atoms with van der Waals surface area (Å²) >= 11 is 6.22. The highest BCUT2D eigenvalue weighted by Gasteiger charge is 2.19. The van der Waals surface area contributed by atoms with Crippen LogP contribution in [0.2, 0.25) is 5.02 Å². The number of rotatable bonds is 3. The van der Waals surface area contributed by atoms with E-state index in [1.54, 1.807) is 6.92 Å². The summed E-state index contributed by atoms with van der Waals surface area (Å²) in [6, 6.07) is 6.59. The molecule has 0 bridgehead atoms. The van der Waals surface area contributed by atoms with Crippen LogP contribution in [0.25, 0.3) is 0 Å². The summed E-state index contributed by atoms with van der Waals surface area (Å²) in [4.78, 5) is 2.33. The number of anilines is 1. The van der Waals surface area contributed by atoms with Crippen LogP contribution in [0, 0.1) is 0 Å². The van der Waals surface area contributed by atoms with Crippen molar-refractivity contribution in [1.29, 1.82) is 0 Å². The standard InChI is InChI=1S/C15H22ClNO/c1-11(18)14-9-8-13(10-15(14)16)17(2)12-6-4-3-5-7-12/h8-12,18H,3-7H2,1-2H3. The summed E-state index contributed by atoms with van der Waals surface area (Å²) in [5, 5.41) is 10.2. The van der Waals surface area contributed by atoms with Crippen LogP contribution in [0.4, 0.5) is 5.69 Å². The molecule has 1 aliphatic rings. The maximum atomic E-state index is 9.58. The highest BCUT2D eigenvalue weighted by Crippen LogP contribution is 2.31. The quantitative estimate of drug-likeness (QED) is 0.889. The summed E-state index contributed by atoms with van der Waals surface area (Å²) in [6.07, 6.45) is 6.06. The fourth-order valence-corrected chi connectivity index (χ4v) is 3.09. The second-order valence-electron chi connectivity index (χ2n) is 5.28. The molecule has 0 spiro atoms. The molecule has 0 saturated heterocycles. The normalized spacial score (nSPS) is 18.7. The van der Waals surface area contributed by atoms with Crippen LogP contribution in [-0.2, 0) is 0 Å². The summed E-state index contributed by atoms with van der Waals surface area (Å²) < 4.78 is 0. The van der Waals surface area contributed by atoms with Gasteiger partial charge in [-0.3, -0.25) is 0 Å². The molecular weight excluding hydrogens is 246 g/mol. The molecule has 2 rings (SSSR count). The predicted octanol–water partition coefficient (Wildman–Crippen LogP) is 4.16. The van der Waals surface area contributed by atoms with Gasteiger partial charge in [0.15, 0.2) is 0 Å². The minimum atomic E-state index is -0.508. The van der Waals surface area contributed by atoms with Gasteiger partial charge < -0.3 is 10.0 Å². The zero-order valence-electron chi connectivity index (χ0n) is 11.2. The maximum Gasteiger partial charge on any atom is 0.0776 e. The van der Waals surface area contributed by atoms with Crippen molar-refractivity contribution in [3.05, 3.63) is 28.8 Å². The molecule has 100 valence electrons.